The highest BCUT2D eigenvalue weighted by Crippen LogP contribution is 2.31. The summed E-state index contributed by atoms with van der Waals surface area (Å²) in [7, 11) is 0. The Hall–Kier alpha value is -1.29. The number of hydrogen-bond donors (Lipinski definition) is 2. The zero-order chi connectivity index (χ0) is 14.0. The summed E-state index contributed by atoms with van der Waals surface area (Å²) in [5, 5.41) is 20.0. The van der Waals surface area contributed by atoms with E-state index in [0.29, 0.717) is 11.3 Å². The summed E-state index contributed by atoms with van der Waals surface area (Å²) < 4.78 is 5.22. The van der Waals surface area contributed by atoms with Gasteiger partial charge in [-0.05, 0) is 19.8 Å². The van der Waals surface area contributed by atoms with Gasteiger partial charge in [-0.1, -0.05) is 27.2 Å². The molecular weight excluding hydrogens is 232 g/mol. The molecule has 4 heteroatoms. The highest BCUT2D eigenvalue weighted by atomic mass is 16.4. The number of hydrogen-bond acceptors (Lipinski definition) is 4. The normalized spacial score (nSPS) is 16.3. The Labute approximate surface area is 107 Å². The first-order valence-corrected chi connectivity index (χ1v) is 6.32. The summed E-state index contributed by atoms with van der Waals surface area (Å²) in [6, 6.07) is 0. The maximum absolute atomic E-state index is 11.6. The van der Waals surface area contributed by atoms with Gasteiger partial charge < -0.3 is 14.6 Å². The van der Waals surface area contributed by atoms with E-state index in [2.05, 4.69) is 0 Å². The van der Waals surface area contributed by atoms with Crippen molar-refractivity contribution in [2.75, 3.05) is 0 Å². The standard InChI is InChI=1S/C14H22O4/c1-6-7(2)11(15)8(3)13-9(4)12(16)10(5)14(17)18-13/h7-8,11,15-16H,6H2,1-5H3/t7-,8+,11-/m0/s1. The minimum Gasteiger partial charge on any atom is -0.507 e. The van der Waals surface area contributed by atoms with E-state index in [-0.39, 0.29) is 23.1 Å². The lowest BCUT2D eigenvalue weighted by Crippen LogP contribution is -2.25. The molecule has 0 radical (unpaired) electrons. The van der Waals surface area contributed by atoms with Gasteiger partial charge in [0, 0.05) is 11.5 Å². The lowest BCUT2D eigenvalue weighted by atomic mass is 9.88. The quantitative estimate of drug-likeness (QED) is 0.866. The third-order valence-corrected chi connectivity index (χ3v) is 3.74. The molecule has 0 saturated carbocycles. The van der Waals surface area contributed by atoms with Crippen molar-refractivity contribution in [1.29, 1.82) is 0 Å². The molecule has 3 atom stereocenters. The molecule has 2 N–H and O–H groups in total. The molecule has 0 fully saturated rings. The molecule has 18 heavy (non-hydrogen) atoms. The predicted octanol–water partition coefficient (Wildman–Crippen LogP) is 2.47. The second kappa shape index (κ2) is 5.57. The van der Waals surface area contributed by atoms with Crippen LogP contribution in [-0.4, -0.2) is 16.3 Å². The van der Waals surface area contributed by atoms with Crippen molar-refractivity contribution in [3.05, 3.63) is 27.3 Å². The lowest BCUT2D eigenvalue weighted by molar-refractivity contribution is 0.0827. The molecule has 0 spiro atoms. The van der Waals surface area contributed by atoms with Crippen LogP contribution in [0, 0.1) is 19.8 Å². The number of aliphatic hydroxyl groups is 1. The smallest absolute Gasteiger partial charge is 0.342 e. The molecule has 1 heterocycles. The summed E-state index contributed by atoms with van der Waals surface area (Å²) in [4.78, 5) is 11.6. The van der Waals surface area contributed by atoms with Crippen LogP contribution in [-0.2, 0) is 0 Å². The molecule has 0 aromatic carbocycles. The fourth-order valence-electron chi connectivity index (χ4n) is 2.07. The maximum Gasteiger partial charge on any atom is 0.342 e. The van der Waals surface area contributed by atoms with Gasteiger partial charge in [0.2, 0.25) is 0 Å². The predicted molar refractivity (Wildman–Crippen MR) is 70.0 cm³/mol. The molecule has 102 valence electrons. The van der Waals surface area contributed by atoms with Gasteiger partial charge in [-0.3, -0.25) is 0 Å². The van der Waals surface area contributed by atoms with Gasteiger partial charge in [0.1, 0.15) is 11.5 Å². The van der Waals surface area contributed by atoms with Crippen LogP contribution >= 0.6 is 0 Å². The number of aromatic hydroxyl groups is 1. The first-order chi connectivity index (χ1) is 8.31. The Kier molecular flexibility index (Phi) is 4.57. The molecule has 0 bridgehead atoms. The van der Waals surface area contributed by atoms with Crippen molar-refractivity contribution in [2.24, 2.45) is 5.92 Å². The summed E-state index contributed by atoms with van der Waals surface area (Å²) >= 11 is 0. The molecule has 0 unspecified atom stereocenters. The van der Waals surface area contributed by atoms with E-state index >= 15 is 0 Å². The van der Waals surface area contributed by atoms with Crippen LogP contribution in [0.15, 0.2) is 9.21 Å². The van der Waals surface area contributed by atoms with Gasteiger partial charge in [0.05, 0.1) is 11.7 Å². The topological polar surface area (TPSA) is 70.7 Å². The third kappa shape index (κ3) is 2.58. The van der Waals surface area contributed by atoms with E-state index in [4.69, 9.17) is 4.42 Å². The van der Waals surface area contributed by atoms with Gasteiger partial charge in [-0.2, -0.15) is 0 Å². The molecule has 0 amide bonds. The van der Waals surface area contributed by atoms with E-state index in [1.54, 1.807) is 13.8 Å². The van der Waals surface area contributed by atoms with Crippen LogP contribution in [0.2, 0.25) is 0 Å². The first-order valence-electron chi connectivity index (χ1n) is 6.32. The monoisotopic (exact) mass is 254 g/mol. The summed E-state index contributed by atoms with van der Waals surface area (Å²) in [5.74, 6) is 0.118. The SMILES string of the molecule is CC[C@H](C)[C@H](O)[C@@H](C)c1oc(=O)c(C)c(O)c1C. The van der Waals surface area contributed by atoms with Gasteiger partial charge in [-0.15, -0.1) is 0 Å². The molecule has 0 aliphatic carbocycles. The van der Waals surface area contributed by atoms with E-state index in [1.165, 1.54) is 6.92 Å². The average Bonchev–Trinajstić information content (AvgIpc) is 2.37. The molecule has 1 aromatic heterocycles. The van der Waals surface area contributed by atoms with Crippen molar-refractivity contribution in [1.82, 2.24) is 0 Å². The summed E-state index contributed by atoms with van der Waals surface area (Å²) in [6.07, 6.45) is 0.242. The second-order valence-electron chi connectivity index (χ2n) is 5.02. The Morgan fingerprint density at radius 3 is 2.28 bits per heavy atom. The Morgan fingerprint density at radius 2 is 1.78 bits per heavy atom. The molecule has 1 aromatic rings. The fourth-order valence-corrected chi connectivity index (χ4v) is 2.07. The minimum absolute atomic E-state index is 0.0375. The zero-order valence-corrected chi connectivity index (χ0v) is 11.7. The number of aliphatic hydroxyl groups excluding tert-OH is 1. The van der Waals surface area contributed by atoms with E-state index in [9.17, 15) is 15.0 Å². The van der Waals surface area contributed by atoms with Crippen molar-refractivity contribution in [3.63, 3.8) is 0 Å². The van der Waals surface area contributed by atoms with Crippen LogP contribution < -0.4 is 5.63 Å². The lowest BCUT2D eigenvalue weighted by Gasteiger charge is -2.24. The third-order valence-electron chi connectivity index (χ3n) is 3.74. The van der Waals surface area contributed by atoms with Crippen LogP contribution in [0.3, 0.4) is 0 Å². The summed E-state index contributed by atoms with van der Waals surface area (Å²) in [6.45, 7) is 8.96. The molecule has 4 nitrogen and oxygen atoms in total. The van der Waals surface area contributed by atoms with Crippen LogP contribution in [0.4, 0.5) is 0 Å². The largest absolute Gasteiger partial charge is 0.507 e. The minimum atomic E-state index is -0.598. The van der Waals surface area contributed by atoms with Gasteiger partial charge in [0.15, 0.2) is 0 Å². The molecule has 0 saturated heterocycles. The Balaban J connectivity index is 3.22. The Morgan fingerprint density at radius 1 is 1.22 bits per heavy atom. The van der Waals surface area contributed by atoms with Crippen molar-refractivity contribution in [2.45, 2.75) is 53.1 Å². The van der Waals surface area contributed by atoms with Crippen LogP contribution in [0.5, 0.6) is 5.75 Å². The van der Waals surface area contributed by atoms with Crippen LogP contribution in [0.25, 0.3) is 0 Å². The van der Waals surface area contributed by atoms with Crippen molar-refractivity contribution in [3.8, 4) is 5.75 Å². The van der Waals surface area contributed by atoms with E-state index in [1.807, 2.05) is 13.8 Å². The highest BCUT2D eigenvalue weighted by Gasteiger charge is 2.26. The van der Waals surface area contributed by atoms with Gasteiger partial charge >= 0.3 is 5.63 Å². The molecule has 0 aliphatic rings. The molecule has 0 aliphatic heterocycles. The van der Waals surface area contributed by atoms with Gasteiger partial charge in [0.25, 0.3) is 0 Å². The Bertz CT molecular complexity index is 475. The van der Waals surface area contributed by atoms with Crippen molar-refractivity contribution < 1.29 is 14.6 Å². The van der Waals surface area contributed by atoms with Crippen molar-refractivity contribution >= 4 is 0 Å². The van der Waals surface area contributed by atoms with Gasteiger partial charge in [-0.25, -0.2) is 4.79 Å². The highest BCUT2D eigenvalue weighted by molar-refractivity contribution is 5.39. The average molecular weight is 254 g/mol. The molecule has 1 rings (SSSR count). The second-order valence-corrected chi connectivity index (χ2v) is 5.02. The maximum atomic E-state index is 11.6. The first kappa shape index (κ1) is 14.8. The molecular formula is C14H22O4. The fraction of sp³-hybridized carbons (Fsp3) is 0.643. The summed E-state index contributed by atoms with van der Waals surface area (Å²) in [5.41, 5.74) is 0.194. The zero-order valence-electron chi connectivity index (χ0n) is 11.7. The number of rotatable bonds is 4. The van der Waals surface area contributed by atoms with E-state index < -0.39 is 11.7 Å². The van der Waals surface area contributed by atoms with Crippen LogP contribution in [0.1, 0.15) is 50.0 Å². The van der Waals surface area contributed by atoms with E-state index in [0.717, 1.165) is 6.42 Å².